The monoisotopic (exact) mass is 842 g/mol. The number of para-hydroxylation sites is 1. The van der Waals surface area contributed by atoms with Gasteiger partial charge in [-0.3, -0.25) is 33.6 Å². The van der Waals surface area contributed by atoms with E-state index >= 15 is 0 Å². The summed E-state index contributed by atoms with van der Waals surface area (Å²) >= 11 is 4.20. The highest BCUT2D eigenvalue weighted by molar-refractivity contribution is 7.80. The van der Waals surface area contributed by atoms with Crippen molar-refractivity contribution in [2.75, 3.05) is 18.8 Å². The number of primary amides is 1. The summed E-state index contributed by atoms with van der Waals surface area (Å²) in [6, 6.07) is -0.499. The number of nitrogens with one attached hydrogen (secondary N) is 8. The quantitative estimate of drug-likeness (QED) is 0.0304. The number of carbonyl (C=O) groups excluding carboxylic acids is 7. The number of unbranched alkanes of at least 4 members (excludes halogenated alkanes) is 1. The molecule has 3 aromatic rings. The Kier molecular flexibility index (Phi) is 18.8. The molecule has 2 heterocycles. The van der Waals surface area contributed by atoms with E-state index in [1.807, 2.05) is 12.1 Å². The zero-order valence-electron chi connectivity index (χ0n) is 32.8. The van der Waals surface area contributed by atoms with E-state index in [0.717, 1.165) is 10.9 Å². The van der Waals surface area contributed by atoms with Crippen LogP contribution in [0.3, 0.4) is 0 Å². The van der Waals surface area contributed by atoms with Crippen molar-refractivity contribution >= 4 is 70.9 Å². The molecule has 322 valence electrons. The number of hydrogen-bond donors (Lipinski definition) is 13. The van der Waals surface area contributed by atoms with Crippen LogP contribution in [-0.4, -0.2) is 122 Å². The third-order valence-corrected chi connectivity index (χ3v) is 9.59. The number of benzene rings is 1. The van der Waals surface area contributed by atoms with Crippen LogP contribution in [0, 0.1) is 5.92 Å². The lowest BCUT2D eigenvalue weighted by molar-refractivity contribution is -0.142. The van der Waals surface area contributed by atoms with Gasteiger partial charge >= 0.3 is 5.97 Å². The van der Waals surface area contributed by atoms with E-state index in [0.29, 0.717) is 30.6 Å². The first-order valence-corrected chi connectivity index (χ1v) is 19.6. The van der Waals surface area contributed by atoms with Crippen molar-refractivity contribution in [2.24, 2.45) is 23.1 Å². The average molecular weight is 843 g/mol. The molecule has 15 N–H and O–H groups in total. The first-order valence-electron chi connectivity index (χ1n) is 18.9. The fourth-order valence-electron chi connectivity index (χ4n) is 5.84. The molecule has 6 atom stereocenters. The van der Waals surface area contributed by atoms with Crippen LogP contribution in [0.4, 0.5) is 0 Å². The summed E-state index contributed by atoms with van der Waals surface area (Å²) in [5.74, 6) is -7.66. The number of carbonyl (C=O) groups is 8. The summed E-state index contributed by atoms with van der Waals surface area (Å²) < 4.78 is 0. The van der Waals surface area contributed by atoms with Gasteiger partial charge in [0.25, 0.3) is 0 Å². The minimum Gasteiger partial charge on any atom is -0.480 e. The number of thiol groups is 1. The molecule has 0 saturated carbocycles. The van der Waals surface area contributed by atoms with Crippen LogP contribution < -0.4 is 49.1 Å². The van der Waals surface area contributed by atoms with Crippen LogP contribution in [0.25, 0.3) is 10.9 Å². The first-order chi connectivity index (χ1) is 28.0. The highest BCUT2D eigenvalue weighted by Crippen LogP contribution is 2.19. The Balaban J connectivity index is 1.76. The third-order valence-electron chi connectivity index (χ3n) is 9.22. The molecular weight excluding hydrogens is 789 g/mol. The van der Waals surface area contributed by atoms with E-state index in [2.05, 4.69) is 59.5 Å². The number of fused-ring (bicyclic) bond motifs is 1. The van der Waals surface area contributed by atoms with Gasteiger partial charge in [0.05, 0.1) is 25.3 Å². The van der Waals surface area contributed by atoms with Crippen molar-refractivity contribution in [1.29, 1.82) is 0 Å². The highest BCUT2D eigenvalue weighted by Gasteiger charge is 2.32. The number of amides is 7. The maximum absolute atomic E-state index is 13.8. The number of nitrogens with zero attached hydrogens (tertiary/aromatic N) is 1. The van der Waals surface area contributed by atoms with Crippen LogP contribution in [0.15, 0.2) is 43.0 Å². The number of aromatic amines is 2. The van der Waals surface area contributed by atoms with Gasteiger partial charge in [-0.2, -0.15) is 12.6 Å². The number of hydrogen-bond acceptors (Lipinski definition) is 12. The number of carboxylic acid groups (broad SMARTS) is 1. The molecule has 2 aromatic heterocycles. The van der Waals surface area contributed by atoms with E-state index in [4.69, 9.17) is 17.2 Å². The second kappa shape index (κ2) is 23.4. The second-order valence-electron chi connectivity index (χ2n) is 14.2. The minimum atomic E-state index is -1.48. The molecule has 0 aliphatic carbocycles. The van der Waals surface area contributed by atoms with Crippen LogP contribution >= 0.6 is 12.6 Å². The van der Waals surface area contributed by atoms with E-state index < -0.39 is 96.5 Å². The first kappa shape index (κ1) is 47.4. The Bertz CT molecular complexity index is 1920. The number of rotatable bonds is 25. The molecule has 1 aromatic carbocycles. The molecule has 59 heavy (non-hydrogen) atoms. The van der Waals surface area contributed by atoms with Gasteiger partial charge in [0, 0.05) is 47.6 Å². The number of imidazole rings is 1. The topological polar surface area (TPSA) is 351 Å². The van der Waals surface area contributed by atoms with E-state index in [-0.39, 0.29) is 30.9 Å². The Morgan fingerprint density at radius 3 is 2.07 bits per heavy atom. The summed E-state index contributed by atoms with van der Waals surface area (Å²) in [6.45, 7) is 3.05. The van der Waals surface area contributed by atoms with Gasteiger partial charge in [-0.25, -0.2) is 9.78 Å². The van der Waals surface area contributed by atoms with Crippen molar-refractivity contribution in [3.63, 3.8) is 0 Å². The fraction of sp³-hybridized carbons (Fsp3) is 0.486. The van der Waals surface area contributed by atoms with Gasteiger partial charge in [0.1, 0.15) is 30.2 Å². The Labute approximate surface area is 345 Å². The smallest absolute Gasteiger partial charge is 0.326 e. The Morgan fingerprint density at radius 2 is 1.44 bits per heavy atom. The molecule has 0 bridgehead atoms. The largest absolute Gasteiger partial charge is 0.480 e. The molecule has 22 heteroatoms. The van der Waals surface area contributed by atoms with Gasteiger partial charge < -0.3 is 64.2 Å². The molecule has 0 radical (unpaired) electrons. The zero-order valence-corrected chi connectivity index (χ0v) is 33.7. The second-order valence-corrected chi connectivity index (χ2v) is 14.5. The van der Waals surface area contributed by atoms with Gasteiger partial charge in [-0.1, -0.05) is 32.0 Å². The molecular formula is C37H54N12O9S. The van der Waals surface area contributed by atoms with Crippen molar-refractivity contribution in [3.05, 3.63) is 54.2 Å². The minimum absolute atomic E-state index is 0.0824. The molecule has 0 spiro atoms. The van der Waals surface area contributed by atoms with Crippen LogP contribution in [0.5, 0.6) is 0 Å². The van der Waals surface area contributed by atoms with Gasteiger partial charge in [-0.05, 0) is 43.4 Å². The Morgan fingerprint density at radius 1 is 0.797 bits per heavy atom. The Hall–Kier alpha value is -6.00. The molecule has 7 amide bonds. The lowest BCUT2D eigenvalue weighted by Gasteiger charge is -2.25. The van der Waals surface area contributed by atoms with Gasteiger partial charge in [-0.15, -0.1) is 0 Å². The molecule has 0 saturated heterocycles. The molecule has 3 rings (SSSR count). The molecule has 0 aliphatic heterocycles. The lowest BCUT2D eigenvalue weighted by atomic mass is 10.0. The molecule has 0 aliphatic rings. The number of nitrogens with two attached hydrogens (primary N) is 3. The van der Waals surface area contributed by atoms with Crippen LogP contribution in [-0.2, 0) is 51.2 Å². The predicted molar refractivity (Wildman–Crippen MR) is 218 cm³/mol. The zero-order chi connectivity index (χ0) is 43.6. The predicted octanol–water partition coefficient (Wildman–Crippen LogP) is -2.78. The number of aromatic nitrogens is 3. The van der Waals surface area contributed by atoms with Crippen molar-refractivity contribution < 1.29 is 43.5 Å². The maximum atomic E-state index is 13.8. The number of H-pyrrole nitrogens is 2. The maximum Gasteiger partial charge on any atom is 0.326 e. The van der Waals surface area contributed by atoms with Crippen molar-refractivity contribution in [1.82, 2.24) is 46.9 Å². The summed E-state index contributed by atoms with van der Waals surface area (Å²) in [7, 11) is 0. The number of carboxylic acids is 1. The third kappa shape index (κ3) is 15.0. The van der Waals surface area contributed by atoms with Crippen molar-refractivity contribution in [2.45, 2.75) is 88.6 Å². The van der Waals surface area contributed by atoms with E-state index in [1.165, 1.54) is 12.5 Å². The number of aliphatic carboxylic acids is 1. The lowest BCUT2D eigenvalue weighted by Crippen LogP contribution is -2.59. The summed E-state index contributed by atoms with van der Waals surface area (Å²) in [5, 5.41) is 25.4. The van der Waals surface area contributed by atoms with E-state index in [1.54, 1.807) is 32.2 Å². The summed E-state index contributed by atoms with van der Waals surface area (Å²) in [5.41, 5.74) is 18.7. The van der Waals surface area contributed by atoms with Gasteiger partial charge in [0.15, 0.2) is 0 Å². The standard InChI is InChI=1S/C37H54N12O9S/c1-19(2)31(40)36(56)47-26(13-29(39)50)34(54)49-28(17-59)35(55)46-25(11-20-14-42-23-8-4-3-7-22(20)23)32(52)43-16-30(51)45-24(9-5-6-10-38)33(53)48-27(37(57)58)12-21-15-41-18-44-21/h3-4,7-8,14-15,18-19,24-28,31,42,59H,5-6,9-13,16-17,38,40H2,1-2H3,(H2,39,50)(H,41,44)(H,43,52)(H,45,51)(H,46,55)(H,47,56)(H,48,53)(H,49,54)(H,57,58)/t24-,25-,26-,27-,28-,31-/m0/s1. The molecule has 21 nitrogen and oxygen atoms in total. The molecule has 0 unspecified atom stereocenters. The van der Waals surface area contributed by atoms with Crippen molar-refractivity contribution in [3.8, 4) is 0 Å². The highest BCUT2D eigenvalue weighted by atomic mass is 32.1. The molecule has 0 fully saturated rings. The average Bonchev–Trinajstić information content (AvgIpc) is 3.87. The SMILES string of the molecule is CC(C)[C@H](N)C(=O)N[C@@H](CC(N)=O)C(=O)N[C@@H](CS)C(=O)N[C@@H](Cc1c[nH]c2ccccc12)C(=O)NCC(=O)N[C@@H](CCCCN)C(=O)N[C@@H](Cc1cnc[nH]1)C(=O)O. The van der Waals surface area contributed by atoms with E-state index in [9.17, 15) is 43.5 Å². The van der Waals surface area contributed by atoms with Crippen LogP contribution in [0.1, 0.15) is 50.8 Å². The summed E-state index contributed by atoms with van der Waals surface area (Å²) in [4.78, 5) is 113. The van der Waals surface area contributed by atoms with Crippen LogP contribution in [0.2, 0.25) is 0 Å². The summed E-state index contributed by atoms with van der Waals surface area (Å²) in [6.07, 6.45) is 4.71. The fourth-order valence-corrected chi connectivity index (χ4v) is 6.09. The normalized spacial score (nSPS) is 14.2. The van der Waals surface area contributed by atoms with Gasteiger partial charge in [0.2, 0.25) is 41.4 Å².